The van der Waals surface area contributed by atoms with Gasteiger partial charge in [-0.3, -0.25) is 5.43 Å². The molecule has 0 aromatic heterocycles. The molecule has 0 radical (unpaired) electrons. The second kappa shape index (κ2) is 9.52. The number of benzene rings is 2. The summed E-state index contributed by atoms with van der Waals surface area (Å²) in [4.78, 5) is 0. The van der Waals surface area contributed by atoms with Crippen molar-refractivity contribution < 1.29 is 9.47 Å². The highest BCUT2D eigenvalue weighted by Crippen LogP contribution is 2.28. The summed E-state index contributed by atoms with van der Waals surface area (Å²) >= 11 is 5.05. The van der Waals surface area contributed by atoms with Crippen molar-refractivity contribution in [3.8, 4) is 11.5 Å². The summed E-state index contributed by atoms with van der Waals surface area (Å²) in [6.45, 7) is 3.19. The molecule has 2 rings (SSSR count). The minimum Gasteiger partial charge on any atom is -0.493 e. The Hall–Kier alpha value is -2.60. The zero-order valence-electron chi connectivity index (χ0n) is 13.8. The molecule has 0 heterocycles. The quantitative estimate of drug-likeness (QED) is 0.460. The molecule has 0 amide bonds. The largest absolute Gasteiger partial charge is 0.493 e. The summed E-state index contributed by atoms with van der Waals surface area (Å²) < 4.78 is 11.2. The summed E-state index contributed by atoms with van der Waals surface area (Å²) in [6.07, 6.45) is 1.68. The number of hydrogen-bond donors (Lipinski definition) is 2. The average molecular weight is 343 g/mol. The fourth-order valence-electron chi connectivity index (χ4n) is 1.99. The van der Waals surface area contributed by atoms with E-state index in [4.69, 9.17) is 21.7 Å². The number of nitrogens with zero attached hydrogens (tertiary/aromatic N) is 1. The predicted octanol–water partition coefficient (Wildman–Crippen LogP) is 3.09. The zero-order chi connectivity index (χ0) is 17.2. The van der Waals surface area contributed by atoms with E-state index in [1.165, 1.54) is 0 Å². The molecule has 6 heteroatoms. The molecule has 0 saturated heterocycles. The molecule has 2 aromatic carbocycles. The van der Waals surface area contributed by atoms with Crippen LogP contribution < -0.4 is 20.2 Å². The van der Waals surface area contributed by atoms with Gasteiger partial charge in [0.15, 0.2) is 16.6 Å². The third-order valence-electron chi connectivity index (χ3n) is 3.14. The van der Waals surface area contributed by atoms with E-state index in [-0.39, 0.29) is 0 Å². The first-order chi connectivity index (χ1) is 11.7. The molecule has 0 atom stereocenters. The number of nitrogens with one attached hydrogen (secondary N) is 2. The summed E-state index contributed by atoms with van der Waals surface area (Å²) in [7, 11) is 1.62. The van der Waals surface area contributed by atoms with E-state index < -0.39 is 0 Å². The molecule has 0 fully saturated rings. The van der Waals surface area contributed by atoms with Gasteiger partial charge >= 0.3 is 0 Å². The van der Waals surface area contributed by atoms with Crippen molar-refractivity contribution in [2.75, 3.05) is 13.7 Å². The van der Waals surface area contributed by atoms with Gasteiger partial charge in [0.1, 0.15) is 6.61 Å². The molecule has 5 nitrogen and oxygen atoms in total. The molecule has 0 unspecified atom stereocenters. The Morgan fingerprint density at radius 3 is 2.67 bits per heavy atom. The van der Waals surface area contributed by atoms with Crippen LogP contribution in [0.15, 0.2) is 53.6 Å². The second-order valence-corrected chi connectivity index (χ2v) is 5.32. The fourth-order valence-corrected chi connectivity index (χ4v) is 2.18. The summed E-state index contributed by atoms with van der Waals surface area (Å²) in [5.41, 5.74) is 4.73. The molecular weight excluding hydrogens is 322 g/mol. The van der Waals surface area contributed by atoms with Gasteiger partial charge in [-0.05, 0) is 48.5 Å². The molecule has 0 aliphatic rings. The Labute approximate surface area is 147 Å². The summed E-state index contributed by atoms with van der Waals surface area (Å²) in [5, 5.41) is 7.55. The first-order valence-corrected chi connectivity index (χ1v) is 8.05. The highest BCUT2D eigenvalue weighted by atomic mass is 32.1. The normalized spacial score (nSPS) is 10.4. The SMILES string of the molecule is CCNC(=S)N/N=C\c1ccc(OC)c(OCc2ccccc2)c1. The predicted molar refractivity (Wildman–Crippen MR) is 101 cm³/mol. The first kappa shape index (κ1) is 17.7. The Morgan fingerprint density at radius 1 is 1.17 bits per heavy atom. The van der Waals surface area contributed by atoms with Crippen LogP contribution in [0.25, 0.3) is 0 Å². The van der Waals surface area contributed by atoms with Gasteiger partial charge in [0.25, 0.3) is 0 Å². The number of hydrogen-bond acceptors (Lipinski definition) is 4. The molecule has 0 saturated carbocycles. The number of rotatable bonds is 7. The Morgan fingerprint density at radius 2 is 1.96 bits per heavy atom. The standard InChI is InChI=1S/C18H21N3O2S/c1-3-19-18(24)21-20-12-15-9-10-16(22-2)17(11-15)23-13-14-7-5-4-6-8-14/h4-12H,3,13H2,1-2H3,(H2,19,21,24)/b20-12-. The van der Waals surface area contributed by atoms with E-state index in [1.807, 2.05) is 55.5 Å². The molecule has 0 aliphatic carbocycles. The Balaban J connectivity index is 2.03. The van der Waals surface area contributed by atoms with Crippen LogP contribution in [-0.4, -0.2) is 25.0 Å². The highest BCUT2D eigenvalue weighted by molar-refractivity contribution is 7.80. The van der Waals surface area contributed by atoms with Gasteiger partial charge in [-0.1, -0.05) is 30.3 Å². The molecule has 2 N–H and O–H groups in total. The number of thiocarbonyl (C=S) groups is 1. The lowest BCUT2D eigenvalue weighted by molar-refractivity contribution is 0.284. The highest BCUT2D eigenvalue weighted by Gasteiger charge is 2.05. The van der Waals surface area contributed by atoms with Crippen molar-refractivity contribution in [2.45, 2.75) is 13.5 Å². The van der Waals surface area contributed by atoms with Crippen LogP contribution in [0.5, 0.6) is 11.5 Å². The minimum atomic E-state index is 0.473. The fraction of sp³-hybridized carbons (Fsp3) is 0.222. The zero-order valence-corrected chi connectivity index (χ0v) is 14.6. The smallest absolute Gasteiger partial charge is 0.186 e. The van der Waals surface area contributed by atoms with Gasteiger partial charge in [-0.25, -0.2) is 0 Å². The topological polar surface area (TPSA) is 54.9 Å². The van der Waals surface area contributed by atoms with Crippen LogP contribution in [0.1, 0.15) is 18.1 Å². The third-order valence-corrected chi connectivity index (χ3v) is 3.38. The maximum atomic E-state index is 5.88. The van der Waals surface area contributed by atoms with Crippen molar-refractivity contribution in [1.82, 2.24) is 10.7 Å². The summed E-state index contributed by atoms with van der Waals surface area (Å²) in [6, 6.07) is 15.6. The summed E-state index contributed by atoms with van der Waals surface area (Å²) in [5.74, 6) is 1.35. The van der Waals surface area contributed by atoms with E-state index in [0.717, 1.165) is 17.7 Å². The molecule has 0 bridgehead atoms. The number of hydrazone groups is 1. The van der Waals surface area contributed by atoms with Gasteiger partial charge in [0.05, 0.1) is 13.3 Å². The number of methoxy groups -OCH3 is 1. The van der Waals surface area contributed by atoms with Crippen LogP contribution >= 0.6 is 12.2 Å². The van der Waals surface area contributed by atoms with Crippen LogP contribution in [0, 0.1) is 0 Å². The monoisotopic (exact) mass is 343 g/mol. The van der Waals surface area contributed by atoms with E-state index in [1.54, 1.807) is 13.3 Å². The molecule has 126 valence electrons. The van der Waals surface area contributed by atoms with E-state index in [2.05, 4.69) is 15.8 Å². The average Bonchev–Trinajstić information content (AvgIpc) is 2.61. The lowest BCUT2D eigenvalue weighted by Crippen LogP contribution is -2.31. The van der Waals surface area contributed by atoms with Gasteiger partial charge in [0.2, 0.25) is 0 Å². The van der Waals surface area contributed by atoms with Crippen LogP contribution in [-0.2, 0) is 6.61 Å². The van der Waals surface area contributed by atoms with Crippen molar-refractivity contribution in [3.05, 3.63) is 59.7 Å². The van der Waals surface area contributed by atoms with Crippen molar-refractivity contribution in [3.63, 3.8) is 0 Å². The Kier molecular flexibility index (Phi) is 7.04. The van der Waals surface area contributed by atoms with Gasteiger partial charge in [-0.15, -0.1) is 0 Å². The van der Waals surface area contributed by atoms with E-state index in [9.17, 15) is 0 Å². The molecule has 24 heavy (non-hydrogen) atoms. The lowest BCUT2D eigenvalue weighted by atomic mass is 10.2. The maximum Gasteiger partial charge on any atom is 0.186 e. The van der Waals surface area contributed by atoms with E-state index in [0.29, 0.717) is 23.2 Å². The van der Waals surface area contributed by atoms with Crippen molar-refractivity contribution in [1.29, 1.82) is 0 Å². The Bertz CT molecular complexity index is 690. The minimum absolute atomic E-state index is 0.473. The van der Waals surface area contributed by atoms with Crippen molar-refractivity contribution in [2.24, 2.45) is 5.10 Å². The molecule has 2 aromatic rings. The van der Waals surface area contributed by atoms with Gasteiger partial charge < -0.3 is 14.8 Å². The molecule has 0 aliphatic heterocycles. The maximum absolute atomic E-state index is 5.88. The van der Waals surface area contributed by atoms with Crippen LogP contribution in [0.4, 0.5) is 0 Å². The molecule has 0 spiro atoms. The van der Waals surface area contributed by atoms with Crippen LogP contribution in [0.3, 0.4) is 0 Å². The van der Waals surface area contributed by atoms with Gasteiger partial charge in [0, 0.05) is 6.54 Å². The van der Waals surface area contributed by atoms with Crippen molar-refractivity contribution >= 4 is 23.5 Å². The lowest BCUT2D eigenvalue weighted by Gasteiger charge is -2.11. The molecular formula is C18H21N3O2S. The van der Waals surface area contributed by atoms with E-state index >= 15 is 0 Å². The van der Waals surface area contributed by atoms with Crippen LogP contribution in [0.2, 0.25) is 0 Å². The third kappa shape index (κ3) is 5.55. The number of ether oxygens (including phenoxy) is 2. The second-order valence-electron chi connectivity index (χ2n) is 4.91. The first-order valence-electron chi connectivity index (χ1n) is 7.64. The van der Waals surface area contributed by atoms with Gasteiger partial charge in [-0.2, -0.15) is 5.10 Å².